The lowest BCUT2D eigenvalue weighted by Crippen LogP contribution is -2.43. The van der Waals surface area contributed by atoms with Crippen LogP contribution in [0.3, 0.4) is 0 Å². The minimum absolute atomic E-state index is 0.0677. The number of para-hydroxylation sites is 1. The van der Waals surface area contributed by atoms with Gasteiger partial charge in [-0.25, -0.2) is 0 Å². The zero-order chi connectivity index (χ0) is 16.4. The number of nitrogens with one attached hydrogen (secondary N) is 1. The van der Waals surface area contributed by atoms with Crippen LogP contribution in [0.25, 0.3) is 0 Å². The number of benzene rings is 2. The highest BCUT2D eigenvalue weighted by atomic mass is 79.9. The number of hydrogen-bond donors (Lipinski definition) is 1. The van der Waals surface area contributed by atoms with E-state index in [1.807, 2.05) is 47.4 Å². The lowest BCUT2D eigenvalue weighted by molar-refractivity contribution is 0.0683. The van der Waals surface area contributed by atoms with Gasteiger partial charge in [0.05, 0.1) is 17.1 Å². The Morgan fingerprint density at radius 1 is 1.26 bits per heavy atom. The summed E-state index contributed by atoms with van der Waals surface area (Å²) in [7, 11) is 1.64. The van der Waals surface area contributed by atoms with E-state index in [1.165, 1.54) is 0 Å². The van der Waals surface area contributed by atoms with Crippen molar-refractivity contribution in [2.24, 2.45) is 0 Å². The molecule has 0 aromatic heterocycles. The van der Waals surface area contributed by atoms with E-state index in [2.05, 4.69) is 28.2 Å². The second kappa shape index (κ2) is 6.62. The molecule has 4 nitrogen and oxygen atoms in total. The first-order valence-electron chi connectivity index (χ1n) is 7.65. The molecular weight excluding hydrogens is 356 g/mol. The summed E-state index contributed by atoms with van der Waals surface area (Å²) in [6.45, 7) is 2.78. The maximum absolute atomic E-state index is 12.8. The third-order valence-electron chi connectivity index (χ3n) is 3.98. The Bertz CT molecular complexity index is 733. The van der Waals surface area contributed by atoms with Crippen molar-refractivity contribution in [3.63, 3.8) is 0 Å². The average Bonchev–Trinajstić information content (AvgIpc) is 2.57. The number of amides is 1. The molecule has 0 fully saturated rings. The van der Waals surface area contributed by atoms with Crippen molar-refractivity contribution in [1.82, 2.24) is 4.90 Å². The van der Waals surface area contributed by atoms with Crippen LogP contribution in [0.4, 0.5) is 5.69 Å². The van der Waals surface area contributed by atoms with E-state index >= 15 is 0 Å². The van der Waals surface area contributed by atoms with Gasteiger partial charge in [0, 0.05) is 12.2 Å². The highest BCUT2D eigenvalue weighted by Gasteiger charge is 2.32. The number of rotatable bonds is 4. The van der Waals surface area contributed by atoms with Crippen LogP contribution in [0.1, 0.15) is 35.4 Å². The zero-order valence-electron chi connectivity index (χ0n) is 13.2. The van der Waals surface area contributed by atoms with Gasteiger partial charge in [0.25, 0.3) is 5.91 Å². The molecule has 1 amide bonds. The third-order valence-corrected chi connectivity index (χ3v) is 4.60. The lowest BCUT2D eigenvalue weighted by atomic mass is 10.0. The van der Waals surface area contributed by atoms with Gasteiger partial charge >= 0.3 is 0 Å². The molecule has 1 aliphatic rings. The molecule has 0 unspecified atom stereocenters. The molecule has 1 atom stereocenters. The van der Waals surface area contributed by atoms with E-state index in [-0.39, 0.29) is 12.1 Å². The number of hydrogen-bond acceptors (Lipinski definition) is 3. The number of anilines is 1. The lowest BCUT2D eigenvalue weighted by Gasteiger charge is -2.38. The van der Waals surface area contributed by atoms with Gasteiger partial charge in [-0.2, -0.15) is 0 Å². The van der Waals surface area contributed by atoms with E-state index in [0.717, 1.165) is 33.5 Å². The minimum Gasteiger partial charge on any atom is -0.496 e. The standard InChI is InChI=1S/C18H19BrN2O2/c1-3-10-21-17(12-8-9-16(23-2)14(19)11-12)20-15-7-5-4-6-13(15)18(21)22/h4-9,11,17,20H,3,10H2,1-2H3/t17-/m0/s1. The van der Waals surface area contributed by atoms with Gasteiger partial charge in [0.15, 0.2) is 0 Å². The van der Waals surface area contributed by atoms with Crippen molar-refractivity contribution in [3.05, 3.63) is 58.1 Å². The summed E-state index contributed by atoms with van der Waals surface area (Å²) in [6, 6.07) is 13.6. The van der Waals surface area contributed by atoms with Crippen LogP contribution in [-0.2, 0) is 0 Å². The van der Waals surface area contributed by atoms with Gasteiger partial charge in [-0.1, -0.05) is 25.1 Å². The summed E-state index contributed by atoms with van der Waals surface area (Å²) in [5.41, 5.74) is 2.63. The minimum atomic E-state index is -0.181. The van der Waals surface area contributed by atoms with Gasteiger partial charge in [-0.05, 0) is 52.2 Å². The van der Waals surface area contributed by atoms with Crippen molar-refractivity contribution < 1.29 is 9.53 Å². The van der Waals surface area contributed by atoms with Crippen LogP contribution < -0.4 is 10.1 Å². The number of halogens is 1. The molecular formula is C18H19BrN2O2. The number of carbonyl (C=O) groups excluding carboxylic acids is 1. The molecule has 0 bridgehead atoms. The maximum Gasteiger partial charge on any atom is 0.257 e. The number of fused-ring (bicyclic) bond motifs is 1. The van der Waals surface area contributed by atoms with Crippen LogP contribution >= 0.6 is 15.9 Å². The molecule has 1 N–H and O–H groups in total. The van der Waals surface area contributed by atoms with Gasteiger partial charge < -0.3 is 15.0 Å². The van der Waals surface area contributed by atoms with Gasteiger partial charge in [0.1, 0.15) is 11.9 Å². The predicted molar refractivity (Wildman–Crippen MR) is 94.8 cm³/mol. The van der Waals surface area contributed by atoms with Crippen molar-refractivity contribution in [1.29, 1.82) is 0 Å². The fourth-order valence-electron chi connectivity index (χ4n) is 2.88. The largest absolute Gasteiger partial charge is 0.496 e. The first kappa shape index (κ1) is 15.9. The van der Waals surface area contributed by atoms with Crippen LogP contribution in [0, 0.1) is 0 Å². The molecule has 120 valence electrons. The van der Waals surface area contributed by atoms with Gasteiger partial charge in [-0.15, -0.1) is 0 Å². The Balaban J connectivity index is 2.03. The third kappa shape index (κ3) is 2.93. The molecule has 0 radical (unpaired) electrons. The summed E-state index contributed by atoms with van der Waals surface area (Å²) >= 11 is 3.52. The zero-order valence-corrected chi connectivity index (χ0v) is 14.8. The van der Waals surface area contributed by atoms with Crippen LogP contribution in [0.5, 0.6) is 5.75 Å². The quantitative estimate of drug-likeness (QED) is 0.860. The summed E-state index contributed by atoms with van der Waals surface area (Å²) < 4.78 is 6.17. The fraction of sp³-hybridized carbons (Fsp3) is 0.278. The highest BCUT2D eigenvalue weighted by Crippen LogP contribution is 2.35. The summed E-state index contributed by atoms with van der Waals surface area (Å²) in [5.74, 6) is 0.844. The molecule has 2 aromatic carbocycles. The van der Waals surface area contributed by atoms with Gasteiger partial charge in [0.2, 0.25) is 0 Å². The van der Waals surface area contributed by atoms with Crippen molar-refractivity contribution in [2.45, 2.75) is 19.5 Å². The second-order valence-corrected chi connectivity index (χ2v) is 6.34. The molecule has 2 aromatic rings. The number of methoxy groups -OCH3 is 1. The summed E-state index contributed by atoms with van der Waals surface area (Å²) in [4.78, 5) is 14.7. The van der Waals surface area contributed by atoms with Crippen LogP contribution in [0.15, 0.2) is 46.9 Å². The maximum atomic E-state index is 12.8. The van der Waals surface area contributed by atoms with Crippen molar-refractivity contribution >= 4 is 27.5 Å². The number of nitrogens with zero attached hydrogens (tertiary/aromatic N) is 1. The van der Waals surface area contributed by atoms with E-state index in [9.17, 15) is 4.79 Å². The van der Waals surface area contributed by atoms with Crippen molar-refractivity contribution in [2.75, 3.05) is 19.0 Å². The smallest absolute Gasteiger partial charge is 0.257 e. The Morgan fingerprint density at radius 2 is 2.04 bits per heavy atom. The van der Waals surface area contributed by atoms with E-state index in [4.69, 9.17) is 4.74 Å². The second-order valence-electron chi connectivity index (χ2n) is 5.48. The molecule has 1 aliphatic heterocycles. The molecule has 0 saturated carbocycles. The monoisotopic (exact) mass is 374 g/mol. The fourth-order valence-corrected chi connectivity index (χ4v) is 3.44. The predicted octanol–water partition coefficient (Wildman–Crippen LogP) is 4.43. The van der Waals surface area contributed by atoms with Crippen LogP contribution in [-0.4, -0.2) is 24.5 Å². The highest BCUT2D eigenvalue weighted by molar-refractivity contribution is 9.10. The number of ether oxygens (including phenoxy) is 1. The van der Waals surface area contributed by atoms with E-state index < -0.39 is 0 Å². The van der Waals surface area contributed by atoms with E-state index in [0.29, 0.717) is 6.54 Å². The molecule has 5 heteroatoms. The molecule has 0 saturated heterocycles. The molecule has 23 heavy (non-hydrogen) atoms. The van der Waals surface area contributed by atoms with Crippen LogP contribution in [0.2, 0.25) is 0 Å². The number of carbonyl (C=O) groups is 1. The molecule has 3 rings (SSSR count). The Morgan fingerprint density at radius 3 is 2.74 bits per heavy atom. The van der Waals surface area contributed by atoms with Gasteiger partial charge in [-0.3, -0.25) is 4.79 Å². The Hall–Kier alpha value is -2.01. The molecule has 0 spiro atoms. The average molecular weight is 375 g/mol. The first-order valence-corrected chi connectivity index (χ1v) is 8.45. The Labute approximate surface area is 144 Å². The molecule has 1 heterocycles. The first-order chi connectivity index (χ1) is 11.2. The summed E-state index contributed by atoms with van der Waals surface area (Å²) in [5, 5.41) is 3.49. The normalized spacial score (nSPS) is 16.7. The van der Waals surface area contributed by atoms with Crippen molar-refractivity contribution in [3.8, 4) is 5.75 Å². The molecule has 0 aliphatic carbocycles. The van der Waals surface area contributed by atoms with E-state index in [1.54, 1.807) is 7.11 Å². The Kier molecular flexibility index (Phi) is 4.57. The summed E-state index contributed by atoms with van der Waals surface area (Å²) in [6.07, 6.45) is 0.725. The SMILES string of the molecule is CCCN1C(=O)c2ccccc2N[C@@H]1c1ccc(OC)c(Br)c1. The topological polar surface area (TPSA) is 41.6 Å².